The molecule has 3 rings (SSSR count). The van der Waals surface area contributed by atoms with E-state index in [1.54, 1.807) is 43.5 Å². The zero-order chi connectivity index (χ0) is 21.3. The van der Waals surface area contributed by atoms with Crippen LogP contribution in [-0.2, 0) is 17.8 Å². The Hall–Kier alpha value is -3.33. The molecule has 7 nitrogen and oxygen atoms in total. The quantitative estimate of drug-likeness (QED) is 0.543. The van der Waals surface area contributed by atoms with Crippen molar-refractivity contribution in [3.8, 4) is 5.75 Å². The van der Waals surface area contributed by atoms with E-state index in [0.717, 1.165) is 0 Å². The number of benzene rings is 2. The van der Waals surface area contributed by atoms with Gasteiger partial charge in [0, 0.05) is 25.1 Å². The summed E-state index contributed by atoms with van der Waals surface area (Å²) in [5.74, 6) is -0.0889. The first-order chi connectivity index (χ1) is 14.5. The summed E-state index contributed by atoms with van der Waals surface area (Å²) in [7, 11) is 1.57. The van der Waals surface area contributed by atoms with Crippen LogP contribution in [-0.4, -0.2) is 29.1 Å². The maximum Gasteiger partial charge on any atom is 0.286 e. The third-order valence-electron chi connectivity index (χ3n) is 4.18. The van der Waals surface area contributed by atoms with Crippen molar-refractivity contribution >= 4 is 28.8 Å². The van der Waals surface area contributed by atoms with Crippen molar-refractivity contribution in [2.75, 3.05) is 12.4 Å². The zero-order valence-electron chi connectivity index (χ0n) is 16.4. The lowest BCUT2D eigenvalue weighted by atomic mass is 10.2. The minimum absolute atomic E-state index is 0.124. The monoisotopic (exact) mass is 428 g/mol. The van der Waals surface area contributed by atoms with Gasteiger partial charge < -0.3 is 15.4 Å². The van der Waals surface area contributed by atoms with Gasteiger partial charge in [-0.1, -0.05) is 23.5 Å². The number of methoxy groups -OCH3 is 1. The van der Waals surface area contributed by atoms with Crippen molar-refractivity contribution < 1.29 is 18.7 Å². The second kappa shape index (κ2) is 10.4. The number of aryl methyl sites for hydroxylation is 1. The van der Waals surface area contributed by atoms with Gasteiger partial charge in [-0.2, -0.15) is 0 Å². The lowest BCUT2D eigenvalue weighted by molar-refractivity contribution is -0.121. The zero-order valence-corrected chi connectivity index (χ0v) is 17.2. The van der Waals surface area contributed by atoms with E-state index in [0.29, 0.717) is 41.3 Å². The molecule has 0 bridgehead atoms. The van der Waals surface area contributed by atoms with E-state index in [1.807, 2.05) is 0 Å². The van der Waals surface area contributed by atoms with Crippen LogP contribution in [0.25, 0.3) is 0 Å². The number of nitrogens with zero attached hydrogens (tertiary/aromatic N) is 2. The number of halogens is 1. The second-order valence-corrected chi connectivity index (χ2v) is 7.51. The molecule has 0 fully saturated rings. The van der Waals surface area contributed by atoms with Gasteiger partial charge in [0.1, 0.15) is 16.6 Å². The average Bonchev–Trinajstić information content (AvgIpc) is 3.22. The molecule has 0 saturated heterocycles. The molecule has 2 N–H and O–H groups in total. The van der Waals surface area contributed by atoms with E-state index in [2.05, 4.69) is 20.8 Å². The van der Waals surface area contributed by atoms with Gasteiger partial charge in [-0.15, -0.1) is 10.2 Å². The molecule has 0 aliphatic rings. The third kappa shape index (κ3) is 6.35. The first-order valence-corrected chi connectivity index (χ1v) is 10.1. The van der Waals surface area contributed by atoms with Gasteiger partial charge in [0.15, 0.2) is 0 Å². The van der Waals surface area contributed by atoms with Gasteiger partial charge in [0.25, 0.3) is 5.91 Å². The Morgan fingerprint density at radius 1 is 1.13 bits per heavy atom. The summed E-state index contributed by atoms with van der Waals surface area (Å²) < 4.78 is 18.2. The van der Waals surface area contributed by atoms with E-state index in [-0.39, 0.29) is 29.2 Å². The summed E-state index contributed by atoms with van der Waals surface area (Å²) in [5.41, 5.74) is 1.34. The molecule has 1 aromatic heterocycles. The molecule has 2 aromatic carbocycles. The summed E-state index contributed by atoms with van der Waals surface area (Å²) in [4.78, 5) is 24.2. The highest BCUT2D eigenvalue weighted by Crippen LogP contribution is 2.18. The normalized spacial score (nSPS) is 10.5. The van der Waals surface area contributed by atoms with Crippen LogP contribution in [0.5, 0.6) is 5.75 Å². The maximum absolute atomic E-state index is 13.1. The summed E-state index contributed by atoms with van der Waals surface area (Å²) in [6, 6.07) is 13.1. The van der Waals surface area contributed by atoms with Crippen LogP contribution < -0.4 is 15.4 Å². The second-order valence-electron chi connectivity index (χ2n) is 6.44. The van der Waals surface area contributed by atoms with Gasteiger partial charge in [0.2, 0.25) is 10.9 Å². The highest BCUT2D eigenvalue weighted by molar-refractivity contribution is 7.13. The van der Waals surface area contributed by atoms with Gasteiger partial charge in [0.05, 0.1) is 7.11 Å². The smallest absolute Gasteiger partial charge is 0.286 e. The van der Waals surface area contributed by atoms with Crippen LogP contribution >= 0.6 is 11.3 Å². The molecule has 0 saturated carbocycles. The minimum Gasteiger partial charge on any atom is -0.497 e. The Bertz CT molecular complexity index is 1010. The Balaban J connectivity index is 1.41. The fourth-order valence-electron chi connectivity index (χ4n) is 2.64. The summed E-state index contributed by atoms with van der Waals surface area (Å²) >= 11 is 1.20. The highest BCUT2D eigenvalue weighted by Gasteiger charge is 2.13. The topological polar surface area (TPSA) is 93.2 Å². The summed E-state index contributed by atoms with van der Waals surface area (Å²) in [6.07, 6.45) is 1.42. The van der Waals surface area contributed by atoms with Gasteiger partial charge in [-0.25, -0.2) is 4.39 Å². The SMILES string of the molecule is COc1ccc(NC(=O)c2nnc(CCCC(=O)NCc3cccc(F)c3)s2)cc1. The Labute approximate surface area is 177 Å². The van der Waals surface area contributed by atoms with E-state index >= 15 is 0 Å². The molecule has 9 heteroatoms. The van der Waals surface area contributed by atoms with Crippen molar-refractivity contribution in [2.45, 2.75) is 25.8 Å². The van der Waals surface area contributed by atoms with Gasteiger partial charge >= 0.3 is 0 Å². The van der Waals surface area contributed by atoms with Crippen molar-refractivity contribution in [1.82, 2.24) is 15.5 Å². The molecule has 0 spiro atoms. The number of amides is 2. The molecule has 30 heavy (non-hydrogen) atoms. The minimum atomic E-state index is -0.336. The number of anilines is 1. The fraction of sp³-hybridized carbons (Fsp3) is 0.238. The van der Waals surface area contributed by atoms with E-state index < -0.39 is 0 Å². The molecular weight excluding hydrogens is 407 g/mol. The number of carbonyl (C=O) groups excluding carboxylic acids is 2. The summed E-state index contributed by atoms with van der Waals surface area (Å²) in [5, 5.41) is 14.4. The van der Waals surface area contributed by atoms with Crippen LogP contribution in [0, 0.1) is 5.82 Å². The predicted molar refractivity (Wildman–Crippen MR) is 112 cm³/mol. The van der Waals surface area contributed by atoms with Crippen LogP contribution in [0.15, 0.2) is 48.5 Å². The Morgan fingerprint density at radius 3 is 2.67 bits per heavy atom. The van der Waals surface area contributed by atoms with Crippen LogP contribution in [0.2, 0.25) is 0 Å². The standard InChI is InChI=1S/C21H21FN4O3S/c1-29-17-10-8-16(9-11-17)24-20(28)21-26-25-19(30-21)7-3-6-18(27)23-13-14-4-2-5-15(22)12-14/h2,4-5,8-12H,3,6-7,13H2,1H3,(H,23,27)(H,24,28). The van der Waals surface area contributed by atoms with E-state index in [1.165, 1.54) is 23.5 Å². The average molecular weight is 428 g/mol. The predicted octanol–water partition coefficient (Wildman–Crippen LogP) is 3.58. The van der Waals surface area contributed by atoms with Crippen molar-refractivity contribution in [1.29, 1.82) is 0 Å². The van der Waals surface area contributed by atoms with Gasteiger partial charge in [-0.3, -0.25) is 9.59 Å². The number of nitrogens with one attached hydrogen (secondary N) is 2. The van der Waals surface area contributed by atoms with Crippen LogP contribution in [0.1, 0.15) is 33.2 Å². The van der Waals surface area contributed by atoms with Crippen molar-refractivity contribution in [2.24, 2.45) is 0 Å². The Kier molecular flexibility index (Phi) is 7.45. The number of aromatic nitrogens is 2. The van der Waals surface area contributed by atoms with E-state index in [4.69, 9.17) is 4.74 Å². The third-order valence-corrected chi connectivity index (χ3v) is 5.16. The molecule has 0 atom stereocenters. The maximum atomic E-state index is 13.1. The molecule has 0 radical (unpaired) electrons. The van der Waals surface area contributed by atoms with E-state index in [9.17, 15) is 14.0 Å². The number of hydrogen-bond donors (Lipinski definition) is 2. The molecule has 0 aliphatic carbocycles. The molecule has 0 unspecified atom stereocenters. The fourth-order valence-corrected chi connectivity index (χ4v) is 3.42. The molecule has 0 aliphatic heterocycles. The summed E-state index contributed by atoms with van der Waals surface area (Å²) in [6.45, 7) is 0.283. The lowest BCUT2D eigenvalue weighted by Gasteiger charge is -2.05. The Morgan fingerprint density at radius 2 is 1.93 bits per heavy atom. The number of rotatable bonds is 9. The largest absolute Gasteiger partial charge is 0.497 e. The molecular formula is C21H21FN4O3S. The number of hydrogen-bond acceptors (Lipinski definition) is 6. The van der Waals surface area contributed by atoms with Crippen LogP contribution in [0.4, 0.5) is 10.1 Å². The van der Waals surface area contributed by atoms with Crippen molar-refractivity contribution in [3.63, 3.8) is 0 Å². The molecule has 1 heterocycles. The number of ether oxygens (including phenoxy) is 1. The molecule has 156 valence electrons. The lowest BCUT2D eigenvalue weighted by Crippen LogP contribution is -2.22. The molecule has 3 aromatic rings. The first-order valence-electron chi connectivity index (χ1n) is 9.32. The number of carbonyl (C=O) groups is 2. The van der Waals surface area contributed by atoms with Crippen molar-refractivity contribution in [3.05, 3.63) is 69.9 Å². The first kappa shape index (κ1) is 21.4. The van der Waals surface area contributed by atoms with Gasteiger partial charge in [-0.05, 0) is 48.4 Å². The van der Waals surface area contributed by atoms with Crippen LogP contribution in [0.3, 0.4) is 0 Å². The molecule has 2 amide bonds. The highest BCUT2D eigenvalue weighted by atomic mass is 32.1.